The third kappa shape index (κ3) is 5.06. The number of methoxy groups -OCH3 is 3. The van der Waals surface area contributed by atoms with Gasteiger partial charge in [0.15, 0.2) is 11.5 Å². The van der Waals surface area contributed by atoms with Gasteiger partial charge in [-0.3, -0.25) is 4.79 Å². The molecule has 0 fully saturated rings. The first kappa shape index (κ1) is 20.4. The SMILES string of the molecule is COc1ccc(C(=O)NC(C)c2ccc(OC(C)C)c(OC)c2)c(OC)c1. The number of hydrogen-bond donors (Lipinski definition) is 1. The summed E-state index contributed by atoms with van der Waals surface area (Å²) in [5.74, 6) is 2.15. The average Bonchev–Trinajstić information content (AvgIpc) is 2.66. The second-order valence-corrected chi connectivity index (χ2v) is 6.34. The minimum absolute atomic E-state index is 0.0458. The lowest BCUT2D eigenvalue weighted by Gasteiger charge is -2.19. The average molecular weight is 373 g/mol. The first-order valence-electron chi connectivity index (χ1n) is 8.77. The van der Waals surface area contributed by atoms with Gasteiger partial charge in [0.2, 0.25) is 0 Å². The van der Waals surface area contributed by atoms with Crippen molar-refractivity contribution >= 4 is 5.91 Å². The van der Waals surface area contributed by atoms with Gasteiger partial charge in [-0.05, 0) is 50.6 Å². The number of amides is 1. The second kappa shape index (κ2) is 9.16. The van der Waals surface area contributed by atoms with E-state index in [2.05, 4.69) is 5.32 Å². The van der Waals surface area contributed by atoms with Crippen LogP contribution in [0, 0.1) is 0 Å². The molecule has 0 radical (unpaired) electrons. The summed E-state index contributed by atoms with van der Waals surface area (Å²) in [6.45, 7) is 5.82. The summed E-state index contributed by atoms with van der Waals surface area (Å²) in [7, 11) is 4.68. The number of rotatable bonds is 8. The van der Waals surface area contributed by atoms with Crippen molar-refractivity contribution in [3.05, 3.63) is 47.5 Å². The molecular formula is C21H27NO5. The zero-order chi connectivity index (χ0) is 20.0. The number of carbonyl (C=O) groups excluding carboxylic acids is 1. The Hall–Kier alpha value is -2.89. The lowest BCUT2D eigenvalue weighted by molar-refractivity contribution is 0.0936. The van der Waals surface area contributed by atoms with Gasteiger partial charge in [0.05, 0.1) is 39.0 Å². The largest absolute Gasteiger partial charge is 0.497 e. The molecule has 6 nitrogen and oxygen atoms in total. The molecule has 0 aliphatic heterocycles. The molecule has 0 aromatic heterocycles. The van der Waals surface area contributed by atoms with E-state index in [9.17, 15) is 4.79 Å². The molecule has 0 bridgehead atoms. The van der Waals surface area contributed by atoms with Crippen molar-refractivity contribution in [2.45, 2.75) is 32.9 Å². The third-order valence-electron chi connectivity index (χ3n) is 4.05. The van der Waals surface area contributed by atoms with E-state index in [1.54, 1.807) is 32.4 Å². The van der Waals surface area contributed by atoms with Crippen LogP contribution in [0.4, 0.5) is 0 Å². The Morgan fingerprint density at radius 1 is 0.852 bits per heavy atom. The maximum atomic E-state index is 12.7. The Morgan fingerprint density at radius 2 is 1.56 bits per heavy atom. The number of hydrogen-bond acceptors (Lipinski definition) is 5. The van der Waals surface area contributed by atoms with Crippen LogP contribution in [0.3, 0.4) is 0 Å². The molecule has 0 aliphatic carbocycles. The number of ether oxygens (including phenoxy) is 4. The lowest BCUT2D eigenvalue weighted by atomic mass is 10.1. The Balaban J connectivity index is 2.19. The van der Waals surface area contributed by atoms with E-state index in [-0.39, 0.29) is 18.1 Å². The third-order valence-corrected chi connectivity index (χ3v) is 4.05. The highest BCUT2D eigenvalue weighted by Crippen LogP contribution is 2.31. The molecule has 2 aromatic rings. The van der Waals surface area contributed by atoms with Gasteiger partial charge in [-0.15, -0.1) is 0 Å². The molecule has 1 amide bonds. The smallest absolute Gasteiger partial charge is 0.255 e. The van der Waals surface area contributed by atoms with Gasteiger partial charge in [0, 0.05) is 6.07 Å². The fraction of sp³-hybridized carbons (Fsp3) is 0.381. The molecule has 27 heavy (non-hydrogen) atoms. The summed E-state index contributed by atoms with van der Waals surface area (Å²) < 4.78 is 21.6. The van der Waals surface area contributed by atoms with Gasteiger partial charge in [0.25, 0.3) is 5.91 Å². The Kier molecular flexibility index (Phi) is 6.93. The van der Waals surface area contributed by atoms with E-state index in [1.165, 1.54) is 7.11 Å². The van der Waals surface area contributed by atoms with E-state index in [1.807, 2.05) is 39.0 Å². The lowest BCUT2D eigenvalue weighted by Crippen LogP contribution is -2.27. The molecule has 1 N–H and O–H groups in total. The molecule has 146 valence electrons. The maximum absolute atomic E-state index is 12.7. The van der Waals surface area contributed by atoms with Gasteiger partial charge < -0.3 is 24.3 Å². The predicted molar refractivity (Wildman–Crippen MR) is 104 cm³/mol. The van der Waals surface area contributed by atoms with Crippen LogP contribution in [0.1, 0.15) is 42.7 Å². The number of benzene rings is 2. The van der Waals surface area contributed by atoms with E-state index in [0.717, 1.165) is 5.56 Å². The van der Waals surface area contributed by atoms with Crippen LogP contribution in [0.15, 0.2) is 36.4 Å². The van der Waals surface area contributed by atoms with E-state index in [4.69, 9.17) is 18.9 Å². The molecule has 2 aromatic carbocycles. The van der Waals surface area contributed by atoms with Crippen LogP contribution in [-0.4, -0.2) is 33.3 Å². The van der Waals surface area contributed by atoms with Crippen LogP contribution in [0.25, 0.3) is 0 Å². The maximum Gasteiger partial charge on any atom is 0.255 e. The fourth-order valence-electron chi connectivity index (χ4n) is 2.65. The summed E-state index contributed by atoms with van der Waals surface area (Å²) in [4.78, 5) is 12.7. The predicted octanol–water partition coefficient (Wildman–Crippen LogP) is 3.99. The topological polar surface area (TPSA) is 66.0 Å². The number of carbonyl (C=O) groups is 1. The quantitative estimate of drug-likeness (QED) is 0.758. The van der Waals surface area contributed by atoms with Gasteiger partial charge in [-0.2, -0.15) is 0 Å². The summed E-state index contributed by atoms with van der Waals surface area (Å²) in [5, 5.41) is 2.98. The summed E-state index contributed by atoms with van der Waals surface area (Å²) in [6.07, 6.45) is 0.0458. The second-order valence-electron chi connectivity index (χ2n) is 6.34. The molecular weight excluding hydrogens is 346 g/mol. The molecule has 0 saturated heterocycles. The Morgan fingerprint density at radius 3 is 2.15 bits per heavy atom. The minimum atomic E-state index is -0.233. The van der Waals surface area contributed by atoms with Gasteiger partial charge >= 0.3 is 0 Å². The van der Waals surface area contributed by atoms with Crippen molar-refractivity contribution in [1.29, 1.82) is 0 Å². The van der Waals surface area contributed by atoms with Crippen molar-refractivity contribution in [2.75, 3.05) is 21.3 Å². The van der Waals surface area contributed by atoms with Gasteiger partial charge in [-0.25, -0.2) is 0 Å². The van der Waals surface area contributed by atoms with Crippen molar-refractivity contribution in [3.8, 4) is 23.0 Å². The van der Waals surface area contributed by atoms with Crippen LogP contribution < -0.4 is 24.3 Å². The minimum Gasteiger partial charge on any atom is -0.497 e. The zero-order valence-electron chi connectivity index (χ0n) is 16.7. The van der Waals surface area contributed by atoms with Crippen molar-refractivity contribution < 1.29 is 23.7 Å². The normalized spacial score (nSPS) is 11.7. The molecule has 0 aliphatic rings. The first-order valence-corrected chi connectivity index (χ1v) is 8.77. The van der Waals surface area contributed by atoms with E-state index < -0.39 is 0 Å². The highest BCUT2D eigenvalue weighted by atomic mass is 16.5. The summed E-state index contributed by atoms with van der Waals surface area (Å²) >= 11 is 0. The highest BCUT2D eigenvalue weighted by molar-refractivity contribution is 5.97. The van der Waals surface area contributed by atoms with Crippen molar-refractivity contribution in [1.82, 2.24) is 5.32 Å². The van der Waals surface area contributed by atoms with E-state index in [0.29, 0.717) is 28.6 Å². The summed E-state index contributed by atoms with van der Waals surface area (Å²) in [5.41, 5.74) is 1.35. The molecule has 0 heterocycles. The summed E-state index contributed by atoms with van der Waals surface area (Å²) in [6, 6.07) is 10.5. The van der Waals surface area contributed by atoms with E-state index >= 15 is 0 Å². The van der Waals surface area contributed by atoms with Gasteiger partial charge in [-0.1, -0.05) is 6.07 Å². The van der Waals surface area contributed by atoms with Crippen molar-refractivity contribution in [3.63, 3.8) is 0 Å². The Labute approximate surface area is 160 Å². The van der Waals surface area contributed by atoms with Crippen LogP contribution in [0.5, 0.6) is 23.0 Å². The first-order chi connectivity index (χ1) is 12.9. The van der Waals surface area contributed by atoms with Crippen molar-refractivity contribution in [2.24, 2.45) is 0 Å². The van der Waals surface area contributed by atoms with Crippen LogP contribution in [-0.2, 0) is 0 Å². The fourth-order valence-corrected chi connectivity index (χ4v) is 2.65. The van der Waals surface area contributed by atoms with Gasteiger partial charge in [0.1, 0.15) is 11.5 Å². The van der Waals surface area contributed by atoms with Crippen LogP contribution >= 0.6 is 0 Å². The monoisotopic (exact) mass is 373 g/mol. The molecule has 1 atom stereocenters. The molecule has 1 unspecified atom stereocenters. The molecule has 0 saturated carbocycles. The Bertz CT molecular complexity index is 788. The molecule has 2 rings (SSSR count). The zero-order valence-corrected chi connectivity index (χ0v) is 16.7. The van der Waals surface area contributed by atoms with Crippen LogP contribution in [0.2, 0.25) is 0 Å². The highest BCUT2D eigenvalue weighted by Gasteiger charge is 2.18. The molecule has 6 heteroatoms. The number of nitrogens with one attached hydrogen (secondary N) is 1. The molecule has 0 spiro atoms. The standard InChI is InChI=1S/C21H27NO5/c1-13(2)27-18-10-7-15(11-20(18)26-6)14(3)22-21(23)17-9-8-16(24-4)12-19(17)25-5/h7-14H,1-6H3,(H,22,23).